The third-order valence-electron chi connectivity index (χ3n) is 3.27. The number of ether oxygens (including phenoxy) is 2. The minimum Gasteiger partial charge on any atom is -0.479 e. The fourth-order valence-electron chi connectivity index (χ4n) is 2.18. The van der Waals surface area contributed by atoms with Crippen LogP contribution in [0.2, 0.25) is 0 Å². The van der Waals surface area contributed by atoms with Crippen LogP contribution in [0.15, 0.2) is 24.3 Å². The first kappa shape index (κ1) is 18.2. The number of carbonyl (C=O) groups is 2. The molecule has 0 aromatic heterocycles. The lowest BCUT2D eigenvalue weighted by Gasteiger charge is -2.17. The van der Waals surface area contributed by atoms with E-state index in [0.29, 0.717) is 25.2 Å². The number of ketones is 1. The number of esters is 1. The molecule has 1 aromatic rings. The second kappa shape index (κ2) is 9.98. The van der Waals surface area contributed by atoms with E-state index < -0.39 is 6.10 Å². The first-order valence-corrected chi connectivity index (χ1v) is 7.98. The topological polar surface area (TPSA) is 52.6 Å². The summed E-state index contributed by atoms with van der Waals surface area (Å²) in [6.07, 6.45) is 3.60. The summed E-state index contributed by atoms with van der Waals surface area (Å²) in [6.45, 7) is 5.82. The van der Waals surface area contributed by atoms with Crippen LogP contribution in [0.5, 0.6) is 5.75 Å². The van der Waals surface area contributed by atoms with Crippen molar-refractivity contribution in [2.24, 2.45) is 0 Å². The van der Waals surface area contributed by atoms with Crippen LogP contribution in [-0.4, -0.2) is 24.5 Å². The average Bonchev–Trinajstić information content (AvgIpc) is 2.48. The maximum absolute atomic E-state index is 12.0. The summed E-state index contributed by atoms with van der Waals surface area (Å²) < 4.78 is 10.9. The van der Waals surface area contributed by atoms with E-state index in [9.17, 15) is 9.59 Å². The Hall–Kier alpha value is -1.84. The molecule has 0 saturated carbocycles. The zero-order valence-corrected chi connectivity index (χ0v) is 13.8. The fraction of sp³-hybridized carbons (Fsp3) is 0.556. The fourth-order valence-corrected chi connectivity index (χ4v) is 2.18. The Morgan fingerprint density at radius 3 is 2.32 bits per heavy atom. The van der Waals surface area contributed by atoms with Gasteiger partial charge in [0.25, 0.3) is 0 Å². The highest BCUT2D eigenvalue weighted by atomic mass is 16.6. The van der Waals surface area contributed by atoms with Gasteiger partial charge in [-0.05, 0) is 44.4 Å². The molecule has 4 heteroatoms. The highest BCUT2D eigenvalue weighted by Crippen LogP contribution is 2.18. The Morgan fingerprint density at radius 1 is 1.09 bits per heavy atom. The van der Waals surface area contributed by atoms with Crippen LogP contribution in [0, 0.1) is 0 Å². The Balaban J connectivity index is 2.66. The van der Waals surface area contributed by atoms with Crippen molar-refractivity contribution in [2.75, 3.05) is 6.61 Å². The number of unbranched alkanes of at least 4 members (excludes halogenated alkanes) is 2. The van der Waals surface area contributed by atoms with Gasteiger partial charge in [-0.3, -0.25) is 4.79 Å². The SMILES string of the molecule is CCCCCC(Oc1ccc(CC(C)=O)cc1)C(=O)OCC. The normalized spacial score (nSPS) is 11.8. The summed E-state index contributed by atoms with van der Waals surface area (Å²) in [5.41, 5.74) is 0.943. The van der Waals surface area contributed by atoms with Crippen molar-refractivity contribution in [2.45, 2.75) is 59.0 Å². The standard InChI is InChI=1S/C18H26O4/c1-4-6-7-8-17(18(20)21-5-2)22-16-11-9-15(10-12-16)13-14(3)19/h9-12,17H,4-8,13H2,1-3H3. The number of benzene rings is 1. The van der Waals surface area contributed by atoms with E-state index in [1.807, 2.05) is 12.1 Å². The van der Waals surface area contributed by atoms with E-state index in [2.05, 4.69) is 6.92 Å². The van der Waals surface area contributed by atoms with Gasteiger partial charge in [0.2, 0.25) is 0 Å². The molecule has 0 aliphatic rings. The quantitative estimate of drug-likeness (QED) is 0.488. The molecule has 0 spiro atoms. The molecule has 0 bridgehead atoms. The van der Waals surface area contributed by atoms with Crippen LogP contribution in [0.25, 0.3) is 0 Å². The first-order valence-electron chi connectivity index (χ1n) is 7.98. The van der Waals surface area contributed by atoms with Gasteiger partial charge in [-0.15, -0.1) is 0 Å². The van der Waals surface area contributed by atoms with Gasteiger partial charge in [0.1, 0.15) is 11.5 Å². The molecule has 22 heavy (non-hydrogen) atoms. The highest BCUT2D eigenvalue weighted by Gasteiger charge is 2.21. The maximum atomic E-state index is 12.0. The average molecular weight is 306 g/mol. The third kappa shape index (κ3) is 6.74. The van der Waals surface area contributed by atoms with E-state index in [1.54, 1.807) is 26.0 Å². The molecule has 0 radical (unpaired) electrons. The van der Waals surface area contributed by atoms with E-state index in [4.69, 9.17) is 9.47 Å². The number of carbonyl (C=O) groups excluding carboxylic acids is 2. The summed E-state index contributed by atoms with van der Waals surface area (Å²) in [5.74, 6) is 0.436. The van der Waals surface area contributed by atoms with E-state index in [1.165, 1.54) is 0 Å². The number of hydrogen-bond donors (Lipinski definition) is 0. The predicted octanol–water partition coefficient (Wildman–Crippen LogP) is 3.71. The molecule has 1 unspecified atom stereocenters. The summed E-state index contributed by atoms with van der Waals surface area (Å²) in [6, 6.07) is 7.30. The van der Waals surface area contributed by atoms with E-state index in [-0.39, 0.29) is 11.8 Å². The molecule has 0 aliphatic carbocycles. The maximum Gasteiger partial charge on any atom is 0.347 e. The van der Waals surface area contributed by atoms with Crippen LogP contribution >= 0.6 is 0 Å². The molecule has 1 aromatic carbocycles. The van der Waals surface area contributed by atoms with Gasteiger partial charge in [-0.25, -0.2) is 4.79 Å². The molecule has 122 valence electrons. The molecule has 1 rings (SSSR count). The zero-order valence-electron chi connectivity index (χ0n) is 13.8. The van der Waals surface area contributed by atoms with Crippen LogP contribution in [0.4, 0.5) is 0 Å². The zero-order chi connectivity index (χ0) is 16.4. The lowest BCUT2D eigenvalue weighted by atomic mass is 10.1. The smallest absolute Gasteiger partial charge is 0.347 e. The van der Waals surface area contributed by atoms with Crippen LogP contribution in [0.1, 0.15) is 52.0 Å². The number of Topliss-reactive ketones (excluding diaryl/α,β-unsaturated/α-hetero) is 1. The van der Waals surface area contributed by atoms with Gasteiger partial charge in [-0.1, -0.05) is 31.9 Å². The van der Waals surface area contributed by atoms with E-state index in [0.717, 1.165) is 24.8 Å². The molecule has 0 saturated heterocycles. The van der Waals surface area contributed by atoms with Gasteiger partial charge in [0, 0.05) is 6.42 Å². The minimum absolute atomic E-state index is 0.123. The molecular weight excluding hydrogens is 280 g/mol. The molecule has 0 heterocycles. The minimum atomic E-state index is -0.565. The first-order chi connectivity index (χ1) is 10.6. The monoisotopic (exact) mass is 306 g/mol. The Kier molecular flexibility index (Phi) is 8.26. The van der Waals surface area contributed by atoms with Crippen LogP contribution < -0.4 is 4.74 Å². The van der Waals surface area contributed by atoms with Crippen LogP contribution in [-0.2, 0) is 20.7 Å². The third-order valence-corrected chi connectivity index (χ3v) is 3.27. The summed E-state index contributed by atoms with van der Waals surface area (Å²) >= 11 is 0. The Bertz CT molecular complexity index is 464. The molecular formula is C18H26O4. The van der Waals surface area contributed by atoms with Crippen molar-refractivity contribution in [3.05, 3.63) is 29.8 Å². The Labute approximate surface area is 132 Å². The van der Waals surface area contributed by atoms with Crippen molar-refractivity contribution < 1.29 is 19.1 Å². The Morgan fingerprint density at radius 2 is 1.77 bits per heavy atom. The molecule has 0 aliphatic heterocycles. The van der Waals surface area contributed by atoms with Crippen molar-refractivity contribution in [1.29, 1.82) is 0 Å². The number of rotatable bonds is 10. The van der Waals surface area contributed by atoms with E-state index >= 15 is 0 Å². The van der Waals surface area contributed by atoms with Crippen molar-refractivity contribution in [3.8, 4) is 5.75 Å². The molecule has 1 atom stereocenters. The molecule has 0 fully saturated rings. The van der Waals surface area contributed by atoms with Crippen LogP contribution in [0.3, 0.4) is 0 Å². The second-order valence-corrected chi connectivity index (χ2v) is 5.38. The number of hydrogen-bond acceptors (Lipinski definition) is 4. The molecule has 4 nitrogen and oxygen atoms in total. The van der Waals surface area contributed by atoms with Crippen molar-refractivity contribution in [1.82, 2.24) is 0 Å². The lowest BCUT2D eigenvalue weighted by Crippen LogP contribution is -2.29. The van der Waals surface area contributed by atoms with Crippen molar-refractivity contribution >= 4 is 11.8 Å². The lowest BCUT2D eigenvalue weighted by molar-refractivity contribution is -0.151. The summed E-state index contributed by atoms with van der Waals surface area (Å²) in [5, 5.41) is 0. The van der Waals surface area contributed by atoms with Gasteiger partial charge >= 0.3 is 5.97 Å². The van der Waals surface area contributed by atoms with Gasteiger partial charge in [0.15, 0.2) is 6.10 Å². The summed E-state index contributed by atoms with van der Waals surface area (Å²) in [7, 11) is 0. The predicted molar refractivity (Wildman–Crippen MR) is 86.0 cm³/mol. The van der Waals surface area contributed by atoms with Gasteiger partial charge in [-0.2, -0.15) is 0 Å². The van der Waals surface area contributed by atoms with Gasteiger partial charge in [0.05, 0.1) is 6.61 Å². The molecule has 0 N–H and O–H groups in total. The summed E-state index contributed by atoms with van der Waals surface area (Å²) in [4.78, 5) is 23.1. The molecule has 0 amide bonds. The largest absolute Gasteiger partial charge is 0.479 e. The second-order valence-electron chi connectivity index (χ2n) is 5.38. The van der Waals surface area contributed by atoms with Crippen molar-refractivity contribution in [3.63, 3.8) is 0 Å². The van der Waals surface area contributed by atoms with Gasteiger partial charge < -0.3 is 9.47 Å². The highest BCUT2D eigenvalue weighted by molar-refractivity contribution is 5.78.